The van der Waals surface area contributed by atoms with Crippen LogP contribution in [0.25, 0.3) is 11.4 Å². The number of amides is 1. The average molecular weight is 477 g/mol. The van der Waals surface area contributed by atoms with Gasteiger partial charge < -0.3 is 21.1 Å². The molecule has 0 aliphatic carbocycles. The van der Waals surface area contributed by atoms with E-state index in [2.05, 4.69) is 49.6 Å². The maximum atomic E-state index is 11.7. The van der Waals surface area contributed by atoms with Crippen LogP contribution in [0, 0.1) is 5.92 Å². The molecule has 0 saturated carbocycles. The van der Waals surface area contributed by atoms with E-state index in [4.69, 9.17) is 10.5 Å². The summed E-state index contributed by atoms with van der Waals surface area (Å²) < 4.78 is 9.23. The Balaban J connectivity index is 1.60. The number of anilines is 4. The Morgan fingerprint density at radius 2 is 2.06 bits per heavy atom. The number of rotatable bonds is 10. The maximum Gasteiger partial charge on any atom is 0.254 e. The van der Waals surface area contributed by atoms with E-state index < -0.39 is 5.91 Å². The first-order chi connectivity index (χ1) is 16.9. The summed E-state index contributed by atoms with van der Waals surface area (Å²) in [5.41, 5.74) is 7.66. The van der Waals surface area contributed by atoms with Crippen LogP contribution >= 0.6 is 0 Å². The molecule has 3 aromatic heterocycles. The van der Waals surface area contributed by atoms with Crippen molar-refractivity contribution in [3.8, 4) is 17.1 Å². The fraction of sp³-hybridized carbons (Fsp3) is 0.304. The van der Waals surface area contributed by atoms with Crippen LogP contribution in [-0.2, 0) is 13.6 Å². The minimum absolute atomic E-state index is 0.163. The summed E-state index contributed by atoms with van der Waals surface area (Å²) in [6, 6.07) is 5.47. The van der Waals surface area contributed by atoms with E-state index in [1.54, 1.807) is 31.1 Å². The third-order valence-electron chi connectivity index (χ3n) is 5.28. The van der Waals surface area contributed by atoms with Crippen molar-refractivity contribution in [2.24, 2.45) is 18.7 Å². The van der Waals surface area contributed by atoms with Crippen LogP contribution in [0.4, 0.5) is 23.1 Å². The van der Waals surface area contributed by atoms with E-state index in [0.29, 0.717) is 34.7 Å². The van der Waals surface area contributed by atoms with Crippen molar-refractivity contribution in [2.45, 2.75) is 26.8 Å². The van der Waals surface area contributed by atoms with Crippen LogP contribution in [0.3, 0.4) is 0 Å². The molecule has 0 bridgehead atoms. The Morgan fingerprint density at radius 3 is 2.80 bits per heavy atom. The van der Waals surface area contributed by atoms with E-state index in [1.807, 2.05) is 23.0 Å². The molecule has 3 heterocycles. The Morgan fingerprint density at radius 1 is 1.23 bits per heavy atom. The fourth-order valence-electron chi connectivity index (χ4n) is 3.45. The summed E-state index contributed by atoms with van der Waals surface area (Å²) in [4.78, 5) is 24.4. The van der Waals surface area contributed by atoms with Crippen LogP contribution in [0.2, 0.25) is 0 Å². The number of nitrogens with one attached hydrogen (secondary N) is 2. The van der Waals surface area contributed by atoms with Gasteiger partial charge in [-0.3, -0.25) is 9.48 Å². The zero-order valence-electron chi connectivity index (χ0n) is 20.1. The zero-order chi connectivity index (χ0) is 24.9. The molecule has 0 aliphatic rings. The lowest BCUT2D eigenvalue weighted by atomic mass is 10.1. The van der Waals surface area contributed by atoms with Gasteiger partial charge in [-0.2, -0.15) is 10.1 Å². The van der Waals surface area contributed by atoms with Crippen LogP contribution in [0.1, 0.15) is 30.6 Å². The molecule has 1 aromatic carbocycles. The van der Waals surface area contributed by atoms with Crippen molar-refractivity contribution in [1.29, 1.82) is 0 Å². The molecule has 182 valence electrons. The molecule has 4 rings (SSSR count). The Labute approximate surface area is 202 Å². The number of ether oxygens (including phenoxy) is 1. The molecule has 0 unspecified atom stereocenters. The van der Waals surface area contributed by atoms with Gasteiger partial charge in [-0.1, -0.05) is 19.9 Å². The number of aryl methyl sites for hydroxylation is 2. The number of carbonyl (C=O) groups is 1. The molecular weight excluding hydrogens is 448 g/mol. The molecule has 0 radical (unpaired) electrons. The quantitative estimate of drug-likeness (QED) is 0.313. The number of hydrogen-bond donors (Lipinski definition) is 3. The van der Waals surface area contributed by atoms with E-state index in [0.717, 1.165) is 18.7 Å². The fourth-order valence-corrected chi connectivity index (χ4v) is 3.45. The second-order valence-corrected chi connectivity index (χ2v) is 8.34. The van der Waals surface area contributed by atoms with E-state index in [9.17, 15) is 4.79 Å². The van der Waals surface area contributed by atoms with Crippen molar-refractivity contribution in [3.05, 3.63) is 48.7 Å². The molecule has 0 atom stereocenters. The normalized spacial score (nSPS) is 11.0. The number of benzene rings is 1. The predicted molar refractivity (Wildman–Crippen MR) is 132 cm³/mol. The summed E-state index contributed by atoms with van der Waals surface area (Å²) in [6.07, 6.45) is 7.44. The lowest BCUT2D eigenvalue weighted by Gasteiger charge is -2.14. The monoisotopic (exact) mass is 476 g/mol. The third-order valence-corrected chi connectivity index (χ3v) is 5.28. The highest BCUT2D eigenvalue weighted by atomic mass is 16.5. The molecule has 35 heavy (non-hydrogen) atoms. The van der Waals surface area contributed by atoms with Crippen molar-refractivity contribution in [1.82, 2.24) is 34.5 Å². The number of aromatic nitrogens is 7. The molecule has 0 saturated heterocycles. The van der Waals surface area contributed by atoms with Gasteiger partial charge in [0, 0.05) is 26.0 Å². The average Bonchev–Trinajstić information content (AvgIpc) is 3.44. The van der Waals surface area contributed by atoms with Gasteiger partial charge >= 0.3 is 0 Å². The number of carbonyl (C=O) groups excluding carboxylic acids is 1. The molecule has 0 spiro atoms. The SMILES string of the molecule is COc1c(Nc2ncncc2C(N)=O)cccc1-c1nc(Nc2cnn(CCC(C)C)c2)n(C)n1. The molecule has 4 aromatic rings. The highest BCUT2D eigenvalue weighted by Gasteiger charge is 2.19. The second kappa shape index (κ2) is 10.2. The van der Waals surface area contributed by atoms with Crippen LogP contribution in [-0.4, -0.2) is 47.5 Å². The van der Waals surface area contributed by atoms with Gasteiger partial charge in [0.1, 0.15) is 17.7 Å². The smallest absolute Gasteiger partial charge is 0.254 e. The third kappa shape index (κ3) is 5.37. The van der Waals surface area contributed by atoms with Crippen molar-refractivity contribution in [3.63, 3.8) is 0 Å². The van der Waals surface area contributed by atoms with E-state index >= 15 is 0 Å². The van der Waals surface area contributed by atoms with Gasteiger partial charge in [0.15, 0.2) is 11.6 Å². The summed E-state index contributed by atoms with van der Waals surface area (Å²) in [7, 11) is 3.35. The number of para-hydroxylation sites is 1. The summed E-state index contributed by atoms with van der Waals surface area (Å²) in [6.45, 7) is 5.23. The molecule has 1 amide bonds. The first-order valence-electron chi connectivity index (χ1n) is 11.1. The first kappa shape index (κ1) is 23.7. The standard InChI is InChI=1S/C23H28N10O2/c1-14(2)8-9-33-12-15(10-27-33)28-23-30-22(31-32(23)3)16-6-5-7-18(19(16)35-4)29-21-17(20(24)34)11-25-13-26-21/h5-7,10-14H,8-9H2,1-4H3,(H2,24,34)(H,25,26,29)(H,28,30,31). The number of nitrogens with two attached hydrogens (primary N) is 1. The minimum atomic E-state index is -0.641. The van der Waals surface area contributed by atoms with Gasteiger partial charge in [0.2, 0.25) is 5.95 Å². The molecular formula is C23H28N10O2. The van der Waals surface area contributed by atoms with Crippen molar-refractivity contribution in [2.75, 3.05) is 17.7 Å². The van der Waals surface area contributed by atoms with Crippen LogP contribution < -0.4 is 21.1 Å². The minimum Gasteiger partial charge on any atom is -0.494 e. The van der Waals surface area contributed by atoms with Gasteiger partial charge in [-0.15, -0.1) is 5.10 Å². The van der Waals surface area contributed by atoms with Gasteiger partial charge in [0.05, 0.1) is 30.2 Å². The summed E-state index contributed by atoms with van der Waals surface area (Å²) in [5, 5.41) is 15.3. The number of methoxy groups -OCH3 is 1. The van der Waals surface area contributed by atoms with E-state index in [-0.39, 0.29) is 11.4 Å². The summed E-state index contributed by atoms with van der Waals surface area (Å²) in [5.74, 6) is 1.73. The molecule has 0 aliphatic heterocycles. The predicted octanol–water partition coefficient (Wildman–Crippen LogP) is 3.11. The van der Waals surface area contributed by atoms with Gasteiger partial charge in [0.25, 0.3) is 5.91 Å². The molecule has 4 N–H and O–H groups in total. The molecule has 12 nitrogen and oxygen atoms in total. The van der Waals surface area contributed by atoms with Gasteiger partial charge in [-0.05, 0) is 24.5 Å². The summed E-state index contributed by atoms with van der Waals surface area (Å²) >= 11 is 0. The molecule has 12 heteroatoms. The van der Waals surface area contributed by atoms with Crippen LogP contribution in [0.15, 0.2) is 43.1 Å². The van der Waals surface area contributed by atoms with Crippen molar-refractivity contribution < 1.29 is 9.53 Å². The largest absolute Gasteiger partial charge is 0.494 e. The lowest BCUT2D eigenvalue weighted by Crippen LogP contribution is -2.14. The maximum absolute atomic E-state index is 11.7. The van der Waals surface area contributed by atoms with Crippen LogP contribution in [0.5, 0.6) is 5.75 Å². The highest BCUT2D eigenvalue weighted by molar-refractivity contribution is 5.98. The highest BCUT2D eigenvalue weighted by Crippen LogP contribution is 2.37. The number of nitrogens with zero attached hydrogens (tertiary/aromatic N) is 7. The second-order valence-electron chi connectivity index (χ2n) is 8.34. The lowest BCUT2D eigenvalue weighted by molar-refractivity contribution is 0.100. The Bertz CT molecular complexity index is 1330. The van der Waals surface area contributed by atoms with Crippen molar-refractivity contribution >= 4 is 29.0 Å². The molecule has 0 fully saturated rings. The Hall–Kier alpha value is -4.48. The first-order valence-corrected chi connectivity index (χ1v) is 11.1. The van der Waals surface area contributed by atoms with E-state index in [1.165, 1.54) is 12.5 Å². The topological polar surface area (TPSA) is 151 Å². The number of hydrogen-bond acceptors (Lipinski definition) is 9. The number of primary amides is 1. The van der Waals surface area contributed by atoms with Gasteiger partial charge in [-0.25, -0.2) is 14.6 Å². The zero-order valence-corrected chi connectivity index (χ0v) is 20.1. The Kier molecular flexibility index (Phi) is 6.90.